The molecule has 1 aromatic heterocycles. The summed E-state index contributed by atoms with van der Waals surface area (Å²) in [5.41, 5.74) is 2.21. The average Bonchev–Trinajstić information content (AvgIpc) is 2.86. The summed E-state index contributed by atoms with van der Waals surface area (Å²) in [5.74, 6) is 0.00515. The smallest absolute Gasteiger partial charge is 0.739 e. The summed E-state index contributed by atoms with van der Waals surface area (Å²) < 4.78 is 31.2. The Morgan fingerprint density at radius 3 is 2.78 bits per heavy atom. The minimum atomic E-state index is -4.26. The number of aromatic amines is 1. The van der Waals surface area contributed by atoms with E-state index in [1.807, 2.05) is 30.5 Å². The van der Waals surface area contributed by atoms with Gasteiger partial charge in [-0.1, -0.05) is 18.2 Å². The van der Waals surface area contributed by atoms with Crippen molar-refractivity contribution in [1.82, 2.24) is 10.3 Å². The van der Waals surface area contributed by atoms with Gasteiger partial charge in [0.1, 0.15) is 9.15 Å². The average molecular weight is 364 g/mol. The second-order valence-electron chi connectivity index (χ2n) is 4.79. The van der Waals surface area contributed by atoms with Crippen LogP contribution in [0.2, 0.25) is 0 Å². The summed E-state index contributed by atoms with van der Waals surface area (Å²) in [6.45, 7) is 0.522. The van der Waals surface area contributed by atoms with E-state index in [1.54, 1.807) is 0 Å². The number of para-hydroxylation sites is 1. The van der Waals surface area contributed by atoms with Crippen LogP contribution >= 0.6 is 10.8 Å². The predicted octanol–water partition coefficient (Wildman–Crippen LogP) is -1.20. The number of H-pyrrole nitrogens is 1. The van der Waals surface area contributed by atoms with E-state index in [0.29, 0.717) is 23.8 Å². The van der Waals surface area contributed by atoms with Gasteiger partial charge in [0.05, 0.1) is 0 Å². The van der Waals surface area contributed by atoms with Crippen molar-refractivity contribution in [3.63, 3.8) is 0 Å². The number of amides is 1. The van der Waals surface area contributed by atoms with Crippen LogP contribution in [0.1, 0.15) is 18.4 Å². The maximum atomic E-state index is 11.6. The van der Waals surface area contributed by atoms with E-state index in [9.17, 15) is 17.8 Å². The van der Waals surface area contributed by atoms with Crippen molar-refractivity contribution in [2.75, 3.05) is 12.3 Å². The molecule has 0 spiro atoms. The van der Waals surface area contributed by atoms with Crippen molar-refractivity contribution in [3.05, 3.63) is 36.0 Å². The summed E-state index contributed by atoms with van der Waals surface area (Å²) in [7, 11) is -3.93. The molecule has 0 saturated heterocycles. The number of benzene rings is 1. The number of hydrogen-bond acceptors (Lipinski definition) is 5. The molecule has 6 nitrogen and oxygen atoms in total. The Balaban J connectivity index is 0.00000264. The Morgan fingerprint density at radius 2 is 2.04 bits per heavy atom. The molecule has 0 aliphatic heterocycles. The molecule has 0 bridgehead atoms. The fourth-order valence-electron chi connectivity index (χ4n) is 2.16. The van der Waals surface area contributed by atoms with Gasteiger partial charge in [-0.25, -0.2) is 8.42 Å². The van der Waals surface area contributed by atoms with Crippen molar-refractivity contribution in [2.45, 2.75) is 19.3 Å². The normalized spacial score (nSPS) is 11.2. The zero-order valence-corrected chi connectivity index (χ0v) is 16.5. The molecule has 2 aromatic rings. The molecule has 0 aliphatic carbocycles. The minimum absolute atomic E-state index is 0. The summed E-state index contributed by atoms with van der Waals surface area (Å²) >= 11 is 0. The van der Waals surface area contributed by atoms with Crippen LogP contribution in [-0.2, 0) is 20.4 Å². The number of carbonyl (C=O) groups excluding carboxylic acids is 1. The predicted molar refractivity (Wildman–Crippen MR) is 86.4 cm³/mol. The van der Waals surface area contributed by atoms with Crippen LogP contribution in [0.15, 0.2) is 30.5 Å². The Labute approximate surface area is 161 Å². The molecule has 9 heteroatoms. The molecule has 0 radical (unpaired) electrons. The third-order valence-corrected chi connectivity index (χ3v) is 5.28. The van der Waals surface area contributed by atoms with Gasteiger partial charge >= 0.3 is 29.6 Å². The van der Waals surface area contributed by atoms with E-state index in [0.717, 1.165) is 22.9 Å². The van der Waals surface area contributed by atoms with Gasteiger partial charge in [0, 0.05) is 35.8 Å². The summed E-state index contributed by atoms with van der Waals surface area (Å²) in [5, 5.41) is 3.94. The molecule has 0 unspecified atom stereocenters. The van der Waals surface area contributed by atoms with Crippen LogP contribution in [-0.4, -0.2) is 36.2 Å². The van der Waals surface area contributed by atoms with Crippen LogP contribution in [0.5, 0.6) is 0 Å². The van der Waals surface area contributed by atoms with Crippen LogP contribution in [0.25, 0.3) is 10.9 Å². The van der Waals surface area contributed by atoms with Crippen LogP contribution in [0, 0.1) is 0 Å². The number of carbonyl (C=O) groups is 1. The maximum absolute atomic E-state index is 11.6. The summed E-state index contributed by atoms with van der Waals surface area (Å²) in [4.78, 5) is 14.8. The molecule has 120 valence electrons. The third-order valence-electron chi connectivity index (χ3n) is 3.17. The molecule has 1 amide bonds. The molecule has 2 N–H and O–H groups in total. The SMILES string of the molecule is O=C(CCCSS(=O)(=O)[O-])NCCc1c[nH]c2ccccc12.[Na+]. The molecule has 23 heavy (non-hydrogen) atoms. The molecular formula is C14H17N2NaO4S2. The Bertz CT molecular complexity index is 746. The van der Waals surface area contributed by atoms with E-state index in [-0.39, 0.29) is 47.6 Å². The molecule has 0 atom stereocenters. The zero-order chi connectivity index (χ0) is 16.0. The van der Waals surface area contributed by atoms with Crippen molar-refractivity contribution >= 4 is 36.8 Å². The van der Waals surface area contributed by atoms with Crippen molar-refractivity contribution in [3.8, 4) is 0 Å². The first kappa shape index (κ1) is 20.5. The number of nitrogens with one attached hydrogen (secondary N) is 2. The Morgan fingerprint density at radius 1 is 1.30 bits per heavy atom. The monoisotopic (exact) mass is 364 g/mol. The fraction of sp³-hybridized carbons (Fsp3) is 0.357. The molecule has 0 saturated carbocycles. The van der Waals surface area contributed by atoms with Gasteiger partial charge in [0.15, 0.2) is 0 Å². The van der Waals surface area contributed by atoms with Crippen LogP contribution in [0.3, 0.4) is 0 Å². The largest absolute Gasteiger partial charge is 1.00 e. The van der Waals surface area contributed by atoms with Crippen molar-refractivity contribution in [2.24, 2.45) is 0 Å². The standard InChI is InChI=1S/C14H18N2O4S2.Na/c17-14(6-3-9-21-22(18,19)20)15-8-7-11-10-16-13-5-2-1-4-12(11)13;/h1-2,4-5,10,16H,3,6-9H2,(H,15,17)(H,18,19,20);/q;+1/p-1. The first-order valence-electron chi connectivity index (χ1n) is 6.87. The Kier molecular flexibility index (Phi) is 8.66. The molecule has 0 fully saturated rings. The van der Waals surface area contributed by atoms with Gasteiger partial charge in [-0.3, -0.25) is 4.79 Å². The van der Waals surface area contributed by atoms with E-state index in [4.69, 9.17) is 0 Å². The van der Waals surface area contributed by atoms with Gasteiger partial charge in [0.25, 0.3) is 0 Å². The molecular weight excluding hydrogens is 347 g/mol. The second-order valence-corrected chi connectivity index (χ2v) is 8.19. The van der Waals surface area contributed by atoms with Gasteiger partial charge in [0.2, 0.25) is 5.91 Å². The first-order chi connectivity index (χ1) is 10.5. The Hall–Kier alpha value is -0.510. The quantitative estimate of drug-likeness (QED) is 0.265. The van der Waals surface area contributed by atoms with Gasteiger partial charge in [-0.05, 0) is 35.3 Å². The van der Waals surface area contributed by atoms with Gasteiger partial charge in [-0.2, -0.15) is 0 Å². The number of hydrogen-bond donors (Lipinski definition) is 2. The molecule has 1 aromatic carbocycles. The van der Waals surface area contributed by atoms with Gasteiger partial charge < -0.3 is 14.9 Å². The molecule has 0 aliphatic rings. The van der Waals surface area contributed by atoms with Crippen LogP contribution < -0.4 is 34.9 Å². The van der Waals surface area contributed by atoms with Crippen molar-refractivity contribution < 1.29 is 47.3 Å². The van der Waals surface area contributed by atoms with E-state index >= 15 is 0 Å². The zero-order valence-electron chi connectivity index (χ0n) is 12.9. The van der Waals surface area contributed by atoms with E-state index in [1.165, 1.54) is 0 Å². The summed E-state index contributed by atoms with van der Waals surface area (Å²) in [6, 6.07) is 7.97. The topological polar surface area (TPSA) is 102 Å². The first-order valence-corrected chi connectivity index (χ1v) is 9.79. The summed E-state index contributed by atoms with van der Waals surface area (Å²) in [6.07, 6.45) is 3.24. The fourth-order valence-corrected chi connectivity index (χ4v) is 3.59. The van der Waals surface area contributed by atoms with E-state index in [2.05, 4.69) is 10.3 Å². The second kappa shape index (κ2) is 9.71. The van der Waals surface area contributed by atoms with Crippen molar-refractivity contribution in [1.29, 1.82) is 0 Å². The number of fused-ring (bicyclic) bond motifs is 1. The van der Waals surface area contributed by atoms with Crippen LogP contribution in [0.4, 0.5) is 0 Å². The maximum Gasteiger partial charge on any atom is 1.00 e. The third kappa shape index (κ3) is 7.28. The molecule has 2 rings (SSSR count). The molecule has 1 heterocycles. The van der Waals surface area contributed by atoms with Gasteiger partial charge in [-0.15, -0.1) is 0 Å². The number of rotatable bonds is 8. The number of aromatic nitrogens is 1. The van der Waals surface area contributed by atoms with E-state index < -0.39 is 9.15 Å². The minimum Gasteiger partial charge on any atom is -0.739 e.